The van der Waals surface area contributed by atoms with E-state index in [1.54, 1.807) is 35.6 Å². The molecule has 0 bridgehead atoms. The summed E-state index contributed by atoms with van der Waals surface area (Å²) in [6.07, 6.45) is 5.30. The first kappa shape index (κ1) is 15.8. The second kappa shape index (κ2) is 7.43. The quantitative estimate of drug-likeness (QED) is 0.673. The van der Waals surface area contributed by atoms with Gasteiger partial charge in [-0.25, -0.2) is 0 Å². The molecule has 0 saturated carbocycles. The number of benzene rings is 1. The Morgan fingerprint density at radius 1 is 1.27 bits per heavy atom. The van der Waals surface area contributed by atoms with Gasteiger partial charge in [0.1, 0.15) is 0 Å². The number of hydrogen-bond donors (Lipinski definition) is 2. The van der Waals surface area contributed by atoms with Crippen molar-refractivity contribution in [1.29, 1.82) is 0 Å². The Bertz CT molecular complexity index is 702. The van der Waals surface area contributed by atoms with Gasteiger partial charge in [0.2, 0.25) is 0 Å². The zero-order chi connectivity index (χ0) is 15.9. The molecule has 0 aliphatic heterocycles. The van der Waals surface area contributed by atoms with Crippen LogP contribution in [0.4, 0.5) is 5.69 Å². The summed E-state index contributed by atoms with van der Waals surface area (Å²) in [5.41, 5.74) is 1.14. The number of thiophene rings is 1. The Balaban J connectivity index is 1.87. The molecule has 0 aliphatic rings. The molecule has 2 rings (SSSR count). The Morgan fingerprint density at radius 3 is 2.77 bits per heavy atom. The maximum absolute atomic E-state index is 11.8. The fourth-order valence-corrected chi connectivity index (χ4v) is 2.66. The number of amides is 2. The molecule has 0 saturated heterocycles. The van der Waals surface area contributed by atoms with Crippen molar-refractivity contribution in [2.45, 2.75) is 12.8 Å². The Kier molecular flexibility index (Phi) is 5.34. The zero-order valence-electron chi connectivity index (χ0n) is 12.1. The van der Waals surface area contributed by atoms with Crippen LogP contribution in [0, 0.1) is 12.3 Å². The SMILES string of the molecule is C#Cc1cccc(NC(=O)C(=O)NC[C@H](C)c2cccs2)c1. The Morgan fingerprint density at radius 2 is 2.09 bits per heavy atom. The first-order chi connectivity index (χ1) is 10.6. The van der Waals surface area contributed by atoms with Crippen LogP contribution in [0.2, 0.25) is 0 Å². The van der Waals surface area contributed by atoms with Crippen LogP contribution in [-0.4, -0.2) is 18.4 Å². The summed E-state index contributed by atoms with van der Waals surface area (Å²) >= 11 is 1.63. The molecule has 112 valence electrons. The fraction of sp³-hybridized carbons (Fsp3) is 0.176. The van der Waals surface area contributed by atoms with E-state index in [-0.39, 0.29) is 5.92 Å². The molecule has 22 heavy (non-hydrogen) atoms. The van der Waals surface area contributed by atoms with E-state index in [9.17, 15) is 9.59 Å². The zero-order valence-corrected chi connectivity index (χ0v) is 12.9. The second-order valence-corrected chi connectivity index (χ2v) is 5.79. The molecule has 0 spiro atoms. The van der Waals surface area contributed by atoms with Crippen molar-refractivity contribution in [3.05, 3.63) is 52.2 Å². The largest absolute Gasteiger partial charge is 0.347 e. The number of terminal acetylenes is 1. The lowest BCUT2D eigenvalue weighted by molar-refractivity contribution is -0.136. The van der Waals surface area contributed by atoms with E-state index in [1.807, 2.05) is 24.4 Å². The average molecular weight is 312 g/mol. The van der Waals surface area contributed by atoms with Gasteiger partial charge in [0.25, 0.3) is 0 Å². The van der Waals surface area contributed by atoms with Crippen LogP contribution < -0.4 is 10.6 Å². The van der Waals surface area contributed by atoms with Crippen molar-refractivity contribution in [3.8, 4) is 12.3 Å². The highest BCUT2D eigenvalue weighted by Crippen LogP contribution is 2.19. The lowest BCUT2D eigenvalue weighted by Crippen LogP contribution is -2.37. The van der Waals surface area contributed by atoms with Gasteiger partial charge >= 0.3 is 11.8 Å². The van der Waals surface area contributed by atoms with Gasteiger partial charge in [0.15, 0.2) is 0 Å². The number of carbonyl (C=O) groups is 2. The molecule has 4 nitrogen and oxygen atoms in total. The highest BCUT2D eigenvalue weighted by atomic mass is 32.1. The lowest BCUT2D eigenvalue weighted by atomic mass is 10.1. The van der Waals surface area contributed by atoms with E-state index in [4.69, 9.17) is 6.42 Å². The van der Waals surface area contributed by atoms with Crippen LogP contribution in [0.25, 0.3) is 0 Å². The monoisotopic (exact) mass is 312 g/mol. The number of rotatable bonds is 4. The molecular formula is C17H16N2O2S. The van der Waals surface area contributed by atoms with Crippen LogP contribution in [0.5, 0.6) is 0 Å². The van der Waals surface area contributed by atoms with E-state index in [0.29, 0.717) is 17.8 Å². The van der Waals surface area contributed by atoms with Crippen molar-refractivity contribution in [2.75, 3.05) is 11.9 Å². The number of nitrogens with one attached hydrogen (secondary N) is 2. The van der Waals surface area contributed by atoms with E-state index in [0.717, 1.165) is 0 Å². The minimum atomic E-state index is -0.701. The summed E-state index contributed by atoms with van der Waals surface area (Å²) in [6, 6.07) is 10.8. The minimum absolute atomic E-state index is 0.168. The predicted molar refractivity (Wildman–Crippen MR) is 88.8 cm³/mol. The molecule has 2 N–H and O–H groups in total. The van der Waals surface area contributed by atoms with Gasteiger partial charge < -0.3 is 10.6 Å². The molecule has 1 heterocycles. The van der Waals surface area contributed by atoms with E-state index in [2.05, 4.69) is 16.6 Å². The molecule has 2 aromatic rings. The molecule has 1 aromatic carbocycles. The number of anilines is 1. The van der Waals surface area contributed by atoms with E-state index in [1.165, 1.54) is 4.88 Å². The molecule has 0 aliphatic carbocycles. The second-order valence-electron chi connectivity index (χ2n) is 4.81. The third kappa shape index (κ3) is 4.21. The van der Waals surface area contributed by atoms with E-state index < -0.39 is 11.8 Å². The topological polar surface area (TPSA) is 58.2 Å². The smallest absolute Gasteiger partial charge is 0.313 e. The van der Waals surface area contributed by atoms with Crippen LogP contribution >= 0.6 is 11.3 Å². The Hall–Kier alpha value is -2.58. The van der Waals surface area contributed by atoms with Crippen molar-refractivity contribution < 1.29 is 9.59 Å². The molecular weight excluding hydrogens is 296 g/mol. The third-order valence-corrected chi connectivity index (χ3v) is 4.19. The van der Waals surface area contributed by atoms with Crippen molar-refractivity contribution in [2.24, 2.45) is 0 Å². The molecule has 0 radical (unpaired) electrons. The van der Waals surface area contributed by atoms with Crippen LogP contribution in [-0.2, 0) is 9.59 Å². The molecule has 5 heteroatoms. The standard InChI is InChI=1S/C17H16N2O2S/c1-3-13-6-4-7-14(10-13)19-17(21)16(20)18-11-12(2)15-8-5-9-22-15/h1,4-10,12H,11H2,2H3,(H,18,20)(H,19,21)/t12-/m0/s1. The highest BCUT2D eigenvalue weighted by molar-refractivity contribution is 7.10. The maximum atomic E-state index is 11.8. The van der Waals surface area contributed by atoms with Gasteiger partial charge in [0.05, 0.1) is 0 Å². The average Bonchev–Trinajstić information content (AvgIpc) is 3.06. The van der Waals surface area contributed by atoms with E-state index >= 15 is 0 Å². The molecule has 2 amide bonds. The predicted octanol–water partition coefficient (Wildman–Crippen LogP) is 2.59. The maximum Gasteiger partial charge on any atom is 0.313 e. The summed E-state index contributed by atoms with van der Waals surface area (Å²) in [6.45, 7) is 2.41. The van der Waals surface area contributed by atoms with Gasteiger partial charge in [-0.2, -0.15) is 0 Å². The summed E-state index contributed by atoms with van der Waals surface area (Å²) < 4.78 is 0. The van der Waals surface area contributed by atoms with Crippen LogP contribution in [0.3, 0.4) is 0 Å². The molecule has 0 unspecified atom stereocenters. The van der Waals surface area contributed by atoms with Gasteiger partial charge in [-0.05, 0) is 29.6 Å². The summed E-state index contributed by atoms with van der Waals surface area (Å²) in [4.78, 5) is 24.8. The highest BCUT2D eigenvalue weighted by Gasteiger charge is 2.15. The minimum Gasteiger partial charge on any atom is -0.347 e. The van der Waals surface area contributed by atoms with Gasteiger partial charge in [-0.3, -0.25) is 9.59 Å². The summed E-state index contributed by atoms with van der Waals surface area (Å²) in [7, 11) is 0. The van der Waals surface area contributed by atoms with Crippen LogP contribution in [0.15, 0.2) is 41.8 Å². The molecule has 0 fully saturated rings. The van der Waals surface area contributed by atoms with Crippen molar-refractivity contribution in [3.63, 3.8) is 0 Å². The lowest BCUT2D eigenvalue weighted by Gasteiger charge is -2.11. The Labute approximate surface area is 133 Å². The van der Waals surface area contributed by atoms with Crippen LogP contribution in [0.1, 0.15) is 23.3 Å². The first-order valence-electron chi connectivity index (χ1n) is 6.79. The fourth-order valence-electron chi connectivity index (χ4n) is 1.87. The summed E-state index contributed by atoms with van der Waals surface area (Å²) in [5.74, 6) is 1.28. The van der Waals surface area contributed by atoms with Gasteiger partial charge in [-0.15, -0.1) is 17.8 Å². The number of carbonyl (C=O) groups excluding carboxylic acids is 2. The van der Waals surface area contributed by atoms with Gasteiger partial charge in [-0.1, -0.05) is 25.0 Å². The molecule has 1 atom stereocenters. The third-order valence-electron chi connectivity index (χ3n) is 3.09. The summed E-state index contributed by atoms with van der Waals surface area (Å²) in [5, 5.41) is 7.15. The van der Waals surface area contributed by atoms with Gasteiger partial charge in [0, 0.05) is 28.6 Å². The number of hydrogen-bond acceptors (Lipinski definition) is 3. The first-order valence-corrected chi connectivity index (χ1v) is 7.67. The van der Waals surface area contributed by atoms with Crippen molar-refractivity contribution in [1.82, 2.24) is 5.32 Å². The molecule has 1 aromatic heterocycles. The normalized spacial score (nSPS) is 11.3. The van der Waals surface area contributed by atoms with Crippen molar-refractivity contribution >= 4 is 28.8 Å².